The number of nitrogens with zero attached hydrogens (tertiary/aromatic N) is 1. The quantitative estimate of drug-likeness (QED) is 0.604. The zero-order chi connectivity index (χ0) is 16.3. The van der Waals surface area contributed by atoms with Crippen molar-refractivity contribution in [1.82, 2.24) is 0 Å². The Hall–Kier alpha value is -1.82. The lowest BCUT2D eigenvalue weighted by molar-refractivity contribution is -0.144. The van der Waals surface area contributed by atoms with Crippen molar-refractivity contribution >= 4 is 5.97 Å². The summed E-state index contributed by atoms with van der Waals surface area (Å²) in [5.41, 5.74) is 0.228. The third kappa shape index (κ3) is 5.23. The van der Waals surface area contributed by atoms with Gasteiger partial charge in [-0.3, -0.25) is 4.79 Å². The first kappa shape index (κ1) is 17.2. The highest BCUT2D eigenvalue weighted by Crippen LogP contribution is 2.37. The van der Waals surface area contributed by atoms with Crippen LogP contribution in [0, 0.1) is 28.1 Å². The Morgan fingerprint density at radius 3 is 2.24 bits per heavy atom. The molecule has 0 aliphatic rings. The Balaban J connectivity index is 3.00. The van der Waals surface area contributed by atoms with Crippen LogP contribution in [0.15, 0.2) is 24.3 Å². The van der Waals surface area contributed by atoms with Crippen LogP contribution in [0.3, 0.4) is 0 Å². The van der Waals surface area contributed by atoms with Gasteiger partial charge < -0.3 is 4.74 Å². The van der Waals surface area contributed by atoms with Crippen molar-refractivity contribution < 1.29 is 9.53 Å². The maximum absolute atomic E-state index is 12.6. The van der Waals surface area contributed by atoms with Gasteiger partial charge in [0.05, 0.1) is 11.5 Å². The summed E-state index contributed by atoms with van der Waals surface area (Å²) in [6.07, 6.45) is 0.740. The van der Waals surface area contributed by atoms with Crippen molar-refractivity contribution in [3.8, 4) is 11.8 Å². The molecule has 0 saturated carbocycles. The Morgan fingerprint density at radius 2 is 1.76 bits per heavy atom. The summed E-state index contributed by atoms with van der Waals surface area (Å²) in [5, 5.41) is 9.07. The summed E-state index contributed by atoms with van der Waals surface area (Å²) in [6.45, 7) is 12.5. The van der Waals surface area contributed by atoms with E-state index in [1.165, 1.54) is 0 Å². The number of esters is 1. The van der Waals surface area contributed by atoms with Gasteiger partial charge in [0.25, 0.3) is 0 Å². The van der Waals surface area contributed by atoms with Crippen molar-refractivity contribution in [1.29, 1.82) is 5.26 Å². The molecule has 21 heavy (non-hydrogen) atoms. The molecular weight excluding hydrogens is 262 g/mol. The number of carbonyl (C=O) groups excluding carboxylic acids is 1. The number of hydrogen-bond acceptors (Lipinski definition) is 3. The molecule has 1 unspecified atom stereocenters. The second-order valence-corrected chi connectivity index (χ2v) is 7.71. The maximum atomic E-state index is 12.6. The lowest BCUT2D eigenvalue weighted by Crippen LogP contribution is -2.35. The van der Waals surface area contributed by atoms with Crippen LogP contribution in [-0.2, 0) is 4.79 Å². The molecule has 0 bridgehead atoms. The first-order valence-electron chi connectivity index (χ1n) is 7.25. The molecule has 0 fully saturated rings. The number of hydrogen-bond donors (Lipinski definition) is 0. The second kappa shape index (κ2) is 6.30. The summed E-state index contributed by atoms with van der Waals surface area (Å²) in [5.74, 6) is -0.141. The summed E-state index contributed by atoms with van der Waals surface area (Å²) in [7, 11) is 0. The van der Waals surface area contributed by atoms with Crippen LogP contribution in [0.25, 0.3) is 0 Å². The SMILES string of the molecule is CC(C)(C)CC(C(=O)Oc1ccccc1C#N)C(C)(C)C. The van der Waals surface area contributed by atoms with Crippen LogP contribution >= 0.6 is 0 Å². The summed E-state index contributed by atoms with van der Waals surface area (Å²) in [4.78, 5) is 12.6. The Bertz CT molecular complexity index is 542. The van der Waals surface area contributed by atoms with Crippen LogP contribution in [0.5, 0.6) is 5.75 Å². The standard InChI is InChI=1S/C18H25NO2/c1-17(2,3)11-14(18(4,5)6)16(20)21-15-10-8-7-9-13(15)12-19/h7-10,14H,11H2,1-6H3. The van der Waals surface area contributed by atoms with E-state index in [0.717, 1.165) is 6.42 Å². The predicted octanol–water partition coefficient (Wildman–Crippen LogP) is 4.56. The number of carbonyl (C=O) groups is 1. The molecule has 3 nitrogen and oxygen atoms in total. The van der Waals surface area contributed by atoms with E-state index < -0.39 is 0 Å². The van der Waals surface area contributed by atoms with Gasteiger partial charge in [0.1, 0.15) is 11.8 Å². The van der Waals surface area contributed by atoms with Gasteiger partial charge >= 0.3 is 5.97 Å². The highest BCUT2D eigenvalue weighted by atomic mass is 16.5. The molecular formula is C18H25NO2. The highest BCUT2D eigenvalue weighted by Gasteiger charge is 2.36. The molecule has 0 radical (unpaired) electrons. The summed E-state index contributed by atoms with van der Waals surface area (Å²) in [6, 6.07) is 8.88. The van der Waals surface area contributed by atoms with Crippen molar-refractivity contribution in [3.05, 3.63) is 29.8 Å². The van der Waals surface area contributed by atoms with Gasteiger partial charge in [0.2, 0.25) is 0 Å². The first-order chi connectivity index (χ1) is 9.54. The summed E-state index contributed by atoms with van der Waals surface area (Å²) < 4.78 is 5.51. The van der Waals surface area contributed by atoms with Gasteiger partial charge in [-0.1, -0.05) is 53.7 Å². The predicted molar refractivity (Wildman–Crippen MR) is 83.8 cm³/mol. The van der Waals surface area contributed by atoms with Gasteiger partial charge in [-0.15, -0.1) is 0 Å². The maximum Gasteiger partial charge on any atom is 0.314 e. The lowest BCUT2D eigenvalue weighted by atomic mass is 9.72. The van der Waals surface area contributed by atoms with Crippen molar-refractivity contribution in [3.63, 3.8) is 0 Å². The van der Waals surface area contributed by atoms with E-state index in [1.807, 2.05) is 26.8 Å². The molecule has 3 heteroatoms. The Kier molecular flexibility index (Phi) is 5.17. The Labute approximate surface area is 127 Å². The van der Waals surface area contributed by atoms with E-state index in [1.54, 1.807) is 24.3 Å². The van der Waals surface area contributed by atoms with Crippen molar-refractivity contribution in [2.75, 3.05) is 0 Å². The molecule has 114 valence electrons. The van der Waals surface area contributed by atoms with E-state index in [9.17, 15) is 4.79 Å². The number of para-hydroxylation sites is 1. The third-order valence-corrected chi connectivity index (χ3v) is 3.36. The zero-order valence-corrected chi connectivity index (χ0v) is 13.9. The molecule has 0 saturated heterocycles. The summed E-state index contributed by atoms with van der Waals surface area (Å²) >= 11 is 0. The molecule has 1 aromatic rings. The molecule has 0 aliphatic carbocycles. The van der Waals surface area contributed by atoms with Crippen LogP contribution in [-0.4, -0.2) is 5.97 Å². The van der Waals surface area contributed by atoms with Crippen molar-refractivity contribution in [2.45, 2.75) is 48.0 Å². The molecule has 0 aromatic heterocycles. The second-order valence-electron chi connectivity index (χ2n) is 7.71. The largest absolute Gasteiger partial charge is 0.425 e. The van der Waals surface area contributed by atoms with E-state index >= 15 is 0 Å². The van der Waals surface area contributed by atoms with Crippen LogP contribution in [0.2, 0.25) is 0 Å². The van der Waals surface area contributed by atoms with Gasteiger partial charge in [0.15, 0.2) is 0 Å². The number of nitriles is 1. The normalized spacial score (nSPS) is 13.4. The van der Waals surface area contributed by atoms with Crippen molar-refractivity contribution in [2.24, 2.45) is 16.7 Å². The van der Waals surface area contributed by atoms with Crippen LogP contribution < -0.4 is 4.74 Å². The molecule has 1 atom stereocenters. The number of ether oxygens (including phenoxy) is 1. The fraction of sp³-hybridized carbons (Fsp3) is 0.556. The van der Waals surface area contributed by atoms with Gasteiger partial charge in [0, 0.05) is 0 Å². The molecule has 0 amide bonds. The first-order valence-corrected chi connectivity index (χ1v) is 7.25. The minimum absolute atomic E-state index is 0.0334. The molecule has 0 aliphatic heterocycles. The Morgan fingerprint density at radius 1 is 1.19 bits per heavy atom. The van der Waals surface area contributed by atoms with E-state index in [0.29, 0.717) is 11.3 Å². The third-order valence-electron chi connectivity index (χ3n) is 3.36. The molecule has 1 aromatic carbocycles. The zero-order valence-electron chi connectivity index (χ0n) is 13.9. The number of benzene rings is 1. The lowest BCUT2D eigenvalue weighted by Gasteiger charge is -2.33. The van der Waals surface area contributed by atoms with Gasteiger partial charge in [-0.2, -0.15) is 5.26 Å². The topological polar surface area (TPSA) is 50.1 Å². The molecule has 0 heterocycles. The van der Waals surface area contributed by atoms with Gasteiger partial charge in [-0.25, -0.2) is 0 Å². The fourth-order valence-electron chi connectivity index (χ4n) is 2.18. The van der Waals surface area contributed by atoms with E-state index in [4.69, 9.17) is 10.00 Å². The van der Waals surface area contributed by atoms with Crippen LogP contribution in [0.4, 0.5) is 0 Å². The number of rotatable bonds is 3. The van der Waals surface area contributed by atoms with Gasteiger partial charge in [-0.05, 0) is 29.4 Å². The van der Waals surface area contributed by atoms with Crippen LogP contribution in [0.1, 0.15) is 53.5 Å². The fourth-order valence-corrected chi connectivity index (χ4v) is 2.18. The average molecular weight is 287 g/mol. The van der Waals surface area contributed by atoms with E-state index in [-0.39, 0.29) is 22.7 Å². The minimum atomic E-state index is -0.264. The highest BCUT2D eigenvalue weighted by molar-refractivity contribution is 5.76. The molecule has 1 rings (SSSR count). The minimum Gasteiger partial charge on any atom is -0.425 e. The monoisotopic (exact) mass is 287 g/mol. The smallest absolute Gasteiger partial charge is 0.314 e. The molecule has 0 N–H and O–H groups in total. The molecule has 0 spiro atoms. The van der Waals surface area contributed by atoms with E-state index in [2.05, 4.69) is 20.8 Å². The average Bonchev–Trinajstić information content (AvgIpc) is 2.34.